The van der Waals surface area contributed by atoms with Crippen molar-refractivity contribution in [2.24, 2.45) is 0 Å². The molecular weight excluding hydrogens is 452 g/mol. The van der Waals surface area contributed by atoms with Crippen molar-refractivity contribution in [3.05, 3.63) is 127 Å². The van der Waals surface area contributed by atoms with Crippen molar-refractivity contribution < 1.29 is 0 Å². The maximum atomic E-state index is 4.91. The van der Waals surface area contributed by atoms with Crippen molar-refractivity contribution in [2.45, 2.75) is 12.8 Å². The van der Waals surface area contributed by atoms with E-state index < -0.39 is 0 Å². The molecule has 0 fully saturated rings. The number of benzene rings is 4. The number of rotatable bonds is 4. The molecule has 0 radical (unpaired) electrons. The molecule has 0 aliphatic heterocycles. The molecule has 1 aliphatic rings. The second kappa shape index (κ2) is 8.99. The summed E-state index contributed by atoms with van der Waals surface area (Å²) in [6, 6.07) is 35.8. The summed E-state index contributed by atoms with van der Waals surface area (Å²) in [5.41, 5.74) is 6.60. The Balaban J connectivity index is 1.35. The van der Waals surface area contributed by atoms with E-state index in [1.54, 1.807) is 0 Å². The van der Waals surface area contributed by atoms with Gasteiger partial charge in [-0.15, -0.1) is 0 Å². The summed E-state index contributed by atoms with van der Waals surface area (Å²) in [5.74, 6) is 2.13. The molecule has 4 nitrogen and oxygen atoms in total. The van der Waals surface area contributed by atoms with Crippen LogP contribution in [-0.4, -0.2) is 19.5 Å². The largest absolute Gasteiger partial charge is 0.309 e. The Morgan fingerprint density at radius 2 is 1.11 bits per heavy atom. The first-order valence-corrected chi connectivity index (χ1v) is 12.6. The van der Waals surface area contributed by atoms with Crippen LogP contribution in [0, 0.1) is 0 Å². The summed E-state index contributed by atoms with van der Waals surface area (Å²) in [5, 5.41) is 2.51. The first kappa shape index (κ1) is 21.5. The van der Waals surface area contributed by atoms with E-state index in [0.717, 1.165) is 41.1 Å². The average molecular weight is 477 g/mol. The van der Waals surface area contributed by atoms with E-state index in [4.69, 9.17) is 15.0 Å². The Hall–Kier alpha value is -4.83. The molecule has 0 amide bonds. The number of hydrogen-bond donors (Lipinski definition) is 0. The number of para-hydroxylation sites is 2. The summed E-state index contributed by atoms with van der Waals surface area (Å²) >= 11 is 0. The van der Waals surface area contributed by atoms with Gasteiger partial charge in [-0.25, -0.2) is 15.0 Å². The molecule has 4 aromatic carbocycles. The second-order valence-corrected chi connectivity index (χ2v) is 9.25. The van der Waals surface area contributed by atoms with E-state index in [0.29, 0.717) is 11.6 Å². The zero-order chi connectivity index (χ0) is 24.6. The average Bonchev–Trinajstić information content (AvgIpc) is 3.32. The highest BCUT2D eigenvalue weighted by atomic mass is 15.0. The van der Waals surface area contributed by atoms with Gasteiger partial charge in [0, 0.05) is 27.6 Å². The third-order valence-corrected chi connectivity index (χ3v) is 6.93. The van der Waals surface area contributed by atoms with Gasteiger partial charge in [0.25, 0.3) is 0 Å². The molecule has 0 atom stereocenters. The smallest absolute Gasteiger partial charge is 0.164 e. The monoisotopic (exact) mass is 476 g/mol. The van der Waals surface area contributed by atoms with Gasteiger partial charge in [-0.1, -0.05) is 85.0 Å². The third-order valence-electron chi connectivity index (χ3n) is 6.93. The minimum absolute atomic E-state index is 0.688. The molecule has 0 spiro atoms. The fraction of sp³-hybridized carbons (Fsp3) is 0.0606. The maximum Gasteiger partial charge on any atom is 0.164 e. The van der Waals surface area contributed by atoms with Gasteiger partial charge in [0.05, 0.1) is 11.0 Å². The van der Waals surface area contributed by atoms with Crippen LogP contribution in [-0.2, 0) is 0 Å². The Morgan fingerprint density at radius 3 is 1.73 bits per heavy atom. The number of fused-ring (bicyclic) bond motifs is 3. The Bertz CT molecular complexity index is 1760. The highest BCUT2D eigenvalue weighted by Crippen LogP contribution is 2.33. The first-order chi connectivity index (χ1) is 18.3. The van der Waals surface area contributed by atoms with E-state index in [1.807, 2.05) is 30.3 Å². The molecule has 176 valence electrons. The third kappa shape index (κ3) is 3.83. The molecule has 0 unspecified atom stereocenters. The van der Waals surface area contributed by atoms with Gasteiger partial charge < -0.3 is 4.57 Å². The lowest BCUT2D eigenvalue weighted by atomic mass is 10.0. The molecule has 2 heterocycles. The zero-order valence-corrected chi connectivity index (χ0v) is 20.3. The minimum atomic E-state index is 0.688. The molecule has 1 aliphatic carbocycles. The van der Waals surface area contributed by atoms with Crippen molar-refractivity contribution in [1.82, 2.24) is 19.5 Å². The van der Waals surface area contributed by atoms with Crippen LogP contribution in [0.5, 0.6) is 0 Å². The molecule has 37 heavy (non-hydrogen) atoms. The van der Waals surface area contributed by atoms with E-state index >= 15 is 0 Å². The van der Waals surface area contributed by atoms with E-state index in [9.17, 15) is 0 Å². The molecule has 6 aromatic rings. The van der Waals surface area contributed by atoms with Crippen LogP contribution < -0.4 is 0 Å². The van der Waals surface area contributed by atoms with E-state index in [2.05, 4.69) is 95.6 Å². The lowest BCUT2D eigenvalue weighted by Crippen LogP contribution is -2.04. The summed E-state index contributed by atoms with van der Waals surface area (Å²) in [4.78, 5) is 14.7. The van der Waals surface area contributed by atoms with Crippen molar-refractivity contribution in [3.63, 3.8) is 0 Å². The predicted octanol–water partition coefficient (Wildman–Crippen LogP) is 8.04. The predicted molar refractivity (Wildman–Crippen MR) is 151 cm³/mol. The zero-order valence-electron chi connectivity index (χ0n) is 20.3. The van der Waals surface area contributed by atoms with Crippen LogP contribution in [0.3, 0.4) is 0 Å². The van der Waals surface area contributed by atoms with Crippen LogP contribution in [0.1, 0.15) is 18.7 Å². The van der Waals surface area contributed by atoms with Crippen LogP contribution >= 0.6 is 0 Å². The van der Waals surface area contributed by atoms with Crippen LogP contribution in [0.2, 0.25) is 0 Å². The van der Waals surface area contributed by atoms with Gasteiger partial charge in [0.15, 0.2) is 17.5 Å². The summed E-state index contributed by atoms with van der Waals surface area (Å²) < 4.78 is 2.32. The number of allylic oxidation sites excluding steroid dienone is 4. The molecule has 2 aromatic heterocycles. The molecule has 0 bridgehead atoms. The quantitative estimate of drug-likeness (QED) is 0.259. The standard InChI is InChI=1S/C33H24N4/c1-3-11-23(12-4-1)31-34-32(24-13-5-2-6-14-24)36-33(35-31)25-19-21-26(22-20-25)37-29-17-9-7-15-27(29)28-16-8-10-18-30(28)37/h1-5,7-13,15-22H,6,14H2. The molecule has 0 N–H and O–H groups in total. The Morgan fingerprint density at radius 1 is 0.541 bits per heavy atom. The van der Waals surface area contributed by atoms with Gasteiger partial charge in [-0.2, -0.15) is 0 Å². The Kier molecular flexibility index (Phi) is 5.21. The molecule has 0 saturated carbocycles. The van der Waals surface area contributed by atoms with Crippen molar-refractivity contribution >= 4 is 27.4 Å². The summed E-state index contributed by atoms with van der Waals surface area (Å²) in [7, 11) is 0. The first-order valence-electron chi connectivity index (χ1n) is 12.6. The van der Waals surface area contributed by atoms with E-state index in [1.165, 1.54) is 21.8 Å². The molecule has 0 saturated heterocycles. The highest BCUT2D eigenvalue weighted by Gasteiger charge is 2.15. The van der Waals surface area contributed by atoms with Gasteiger partial charge >= 0.3 is 0 Å². The van der Waals surface area contributed by atoms with Gasteiger partial charge in [-0.05, 0) is 54.8 Å². The van der Waals surface area contributed by atoms with E-state index in [-0.39, 0.29) is 0 Å². The lowest BCUT2D eigenvalue weighted by molar-refractivity contribution is 0.978. The van der Waals surface area contributed by atoms with Crippen LogP contribution in [0.4, 0.5) is 0 Å². The van der Waals surface area contributed by atoms with Crippen LogP contribution in [0.15, 0.2) is 121 Å². The maximum absolute atomic E-state index is 4.91. The van der Waals surface area contributed by atoms with Crippen molar-refractivity contribution in [1.29, 1.82) is 0 Å². The summed E-state index contributed by atoms with van der Waals surface area (Å²) in [6.45, 7) is 0. The Labute approximate surface area is 215 Å². The second-order valence-electron chi connectivity index (χ2n) is 9.25. The minimum Gasteiger partial charge on any atom is -0.309 e. The molecule has 4 heteroatoms. The number of nitrogens with zero attached hydrogens (tertiary/aromatic N) is 4. The molecular formula is C33H24N4. The van der Waals surface area contributed by atoms with Crippen molar-refractivity contribution in [3.8, 4) is 28.5 Å². The highest BCUT2D eigenvalue weighted by molar-refractivity contribution is 6.09. The summed E-state index contributed by atoms with van der Waals surface area (Å²) in [6.07, 6.45) is 8.31. The molecule has 7 rings (SSSR count). The SMILES string of the molecule is C1=CCCC(c2nc(-c3ccccc3)nc(-c3ccc(-n4c5ccccc5c5ccccc54)cc3)n2)=C1. The fourth-order valence-electron chi connectivity index (χ4n) is 5.11. The topological polar surface area (TPSA) is 43.6 Å². The van der Waals surface area contributed by atoms with Gasteiger partial charge in [-0.3, -0.25) is 0 Å². The van der Waals surface area contributed by atoms with Gasteiger partial charge in [0.2, 0.25) is 0 Å². The van der Waals surface area contributed by atoms with Crippen LogP contribution in [0.25, 0.3) is 55.8 Å². The normalized spacial score (nSPS) is 13.2. The van der Waals surface area contributed by atoms with Gasteiger partial charge in [0.1, 0.15) is 0 Å². The number of hydrogen-bond acceptors (Lipinski definition) is 3. The fourth-order valence-corrected chi connectivity index (χ4v) is 5.11. The van der Waals surface area contributed by atoms with Crippen molar-refractivity contribution in [2.75, 3.05) is 0 Å². The number of aromatic nitrogens is 4. The lowest BCUT2D eigenvalue weighted by Gasteiger charge is -2.12.